The van der Waals surface area contributed by atoms with Crippen LogP contribution in [0.2, 0.25) is 0 Å². The van der Waals surface area contributed by atoms with E-state index in [0.29, 0.717) is 6.42 Å². The number of benzene rings is 2. The van der Waals surface area contributed by atoms with Crippen molar-refractivity contribution >= 4 is 20.9 Å². The van der Waals surface area contributed by atoms with Gasteiger partial charge in [-0.2, -0.15) is 0 Å². The summed E-state index contributed by atoms with van der Waals surface area (Å²) in [6.07, 6.45) is 2.21. The van der Waals surface area contributed by atoms with E-state index in [0.717, 1.165) is 22.5 Å². The molecule has 2 aromatic carbocycles. The monoisotopic (exact) mass is 330 g/mol. The topological polar surface area (TPSA) is 59.1 Å². The zero-order chi connectivity index (χ0) is 16.3. The molecule has 118 valence electrons. The molecule has 0 unspecified atom stereocenters. The lowest BCUT2D eigenvalue weighted by Crippen LogP contribution is -2.26. The van der Waals surface area contributed by atoms with Gasteiger partial charge in [0.25, 0.3) is 0 Å². The van der Waals surface area contributed by atoms with Crippen LogP contribution in [0.15, 0.2) is 65.7 Å². The number of pyridine rings is 1. The molecule has 0 atom stereocenters. The van der Waals surface area contributed by atoms with Gasteiger partial charge in [0.15, 0.2) is 0 Å². The fraction of sp³-hybridized carbons (Fsp3) is 0.118. The zero-order valence-corrected chi connectivity index (χ0v) is 13.1. The Morgan fingerprint density at radius 3 is 2.65 bits per heavy atom. The first-order valence-electron chi connectivity index (χ1n) is 7.14. The van der Waals surface area contributed by atoms with Gasteiger partial charge in [-0.3, -0.25) is 4.98 Å². The van der Waals surface area contributed by atoms with Gasteiger partial charge in [-0.05, 0) is 36.2 Å². The summed E-state index contributed by atoms with van der Waals surface area (Å²) >= 11 is 0. The molecule has 1 N–H and O–H groups in total. The number of sulfonamides is 1. The smallest absolute Gasteiger partial charge is 0.240 e. The molecule has 0 aliphatic carbocycles. The van der Waals surface area contributed by atoms with Crippen LogP contribution < -0.4 is 4.72 Å². The predicted molar refractivity (Wildman–Crippen MR) is 87.0 cm³/mol. The Hall–Kier alpha value is -2.31. The SMILES string of the molecule is O=S(=O)(NCCc1cccc2cccnc12)c1cccc(F)c1. The maximum absolute atomic E-state index is 13.2. The van der Waals surface area contributed by atoms with E-state index in [1.165, 1.54) is 18.2 Å². The number of halogens is 1. The van der Waals surface area contributed by atoms with Gasteiger partial charge in [-0.1, -0.05) is 30.3 Å². The van der Waals surface area contributed by atoms with Crippen molar-refractivity contribution in [1.82, 2.24) is 9.71 Å². The lowest BCUT2D eigenvalue weighted by molar-refractivity contribution is 0.577. The third-order valence-corrected chi connectivity index (χ3v) is 4.97. The van der Waals surface area contributed by atoms with E-state index in [1.807, 2.05) is 30.3 Å². The summed E-state index contributed by atoms with van der Waals surface area (Å²) in [4.78, 5) is 4.26. The van der Waals surface area contributed by atoms with Crippen LogP contribution in [0.5, 0.6) is 0 Å². The maximum Gasteiger partial charge on any atom is 0.240 e. The van der Waals surface area contributed by atoms with Gasteiger partial charge in [0.1, 0.15) is 5.82 Å². The highest BCUT2D eigenvalue weighted by Crippen LogP contribution is 2.16. The van der Waals surface area contributed by atoms with Crippen LogP contribution >= 0.6 is 0 Å². The molecule has 0 aliphatic rings. The summed E-state index contributed by atoms with van der Waals surface area (Å²) < 4.78 is 39.9. The van der Waals surface area contributed by atoms with Crippen molar-refractivity contribution in [2.45, 2.75) is 11.3 Å². The highest BCUT2D eigenvalue weighted by atomic mass is 32.2. The minimum Gasteiger partial charge on any atom is -0.256 e. The Morgan fingerprint density at radius 2 is 1.83 bits per heavy atom. The van der Waals surface area contributed by atoms with Gasteiger partial charge in [-0.25, -0.2) is 17.5 Å². The Bertz CT molecular complexity index is 937. The van der Waals surface area contributed by atoms with E-state index in [2.05, 4.69) is 9.71 Å². The normalized spacial score (nSPS) is 11.7. The van der Waals surface area contributed by atoms with Gasteiger partial charge in [0.05, 0.1) is 10.4 Å². The Labute approximate surface area is 134 Å². The van der Waals surface area contributed by atoms with Crippen molar-refractivity contribution in [2.75, 3.05) is 6.54 Å². The van der Waals surface area contributed by atoms with Crippen molar-refractivity contribution in [3.8, 4) is 0 Å². The van der Waals surface area contributed by atoms with Gasteiger partial charge < -0.3 is 0 Å². The zero-order valence-electron chi connectivity index (χ0n) is 12.2. The number of nitrogens with zero attached hydrogens (tertiary/aromatic N) is 1. The maximum atomic E-state index is 13.2. The van der Waals surface area contributed by atoms with E-state index in [-0.39, 0.29) is 11.4 Å². The Kier molecular flexibility index (Phi) is 4.36. The van der Waals surface area contributed by atoms with Gasteiger partial charge in [-0.15, -0.1) is 0 Å². The molecule has 3 rings (SSSR count). The number of aromatic nitrogens is 1. The Balaban J connectivity index is 1.74. The second-order valence-corrected chi connectivity index (χ2v) is 6.86. The van der Waals surface area contributed by atoms with Crippen molar-refractivity contribution in [1.29, 1.82) is 0 Å². The largest absolute Gasteiger partial charge is 0.256 e. The van der Waals surface area contributed by atoms with Gasteiger partial charge in [0.2, 0.25) is 10.0 Å². The molecule has 23 heavy (non-hydrogen) atoms. The van der Waals surface area contributed by atoms with Crippen LogP contribution in [0.25, 0.3) is 10.9 Å². The number of nitrogens with one attached hydrogen (secondary N) is 1. The minimum absolute atomic E-state index is 0.0754. The molecular weight excluding hydrogens is 315 g/mol. The van der Waals surface area contributed by atoms with E-state index in [9.17, 15) is 12.8 Å². The molecule has 0 saturated carbocycles. The number of rotatable bonds is 5. The third-order valence-electron chi connectivity index (χ3n) is 3.51. The van der Waals surface area contributed by atoms with Crippen LogP contribution in [0, 0.1) is 5.82 Å². The lowest BCUT2D eigenvalue weighted by atomic mass is 10.1. The highest BCUT2D eigenvalue weighted by Gasteiger charge is 2.14. The Morgan fingerprint density at radius 1 is 1.04 bits per heavy atom. The van der Waals surface area contributed by atoms with E-state index in [4.69, 9.17) is 0 Å². The second kappa shape index (κ2) is 6.44. The predicted octanol–water partition coefficient (Wildman–Crippen LogP) is 2.89. The van der Waals surface area contributed by atoms with Crippen molar-refractivity contribution in [3.05, 3.63) is 72.2 Å². The molecule has 0 saturated heterocycles. The average Bonchev–Trinajstić information content (AvgIpc) is 2.55. The third kappa shape index (κ3) is 3.55. The summed E-state index contributed by atoms with van der Waals surface area (Å²) in [6, 6.07) is 14.6. The van der Waals surface area contributed by atoms with E-state index >= 15 is 0 Å². The molecule has 6 heteroatoms. The van der Waals surface area contributed by atoms with Crippen LogP contribution in [0.4, 0.5) is 4.39 Å². The number of hydrogen-bond donors (Lipinski definition) is 1. The van der Waals surface area contributed by atoms with E-state index < -0.39 is 15.8 Å². The standard InChI is InChI=1S/C17H15FN2O2S/c18-15-7-2-8-16(12-15)23(21,22)20-11-9-14-5-1-4-13-6-3-10-19-17(13)14/h1-8,10,12,20H,9,11H2. The molecule has 3 aromatic rings. The molecule has 0 aliphatic heterocycles. The summed E-state index contributed by atoms with van der Waals surface area (Å²) in [5.41, 5.74) is 1.82. The fourth-order valence-corrected chi connectivity index (χ4v) is 3.47. The molecule has 1 aromatic heterocycles. The van der Waals surface area contributed by atoms with Crippen LogP contribution in [0.3, 0.4) is 0 Å². The first kappa shape index (κ1) is 15.6. The van der Waals surface area contributed by atoms with Crippen LogP contribution in [0.1, 0.15) is 5.56 Å². The van der Waals surface area contributed by atoms with E-state index in [1.54, 1.807) is 6.20 Å². The van der Waals surface area contributed by atoms with Crippen molar-refractivity contribution < 1.29 is 12.8 Å². The summed E-state index contributed by atoms with van der Waals surface area (Å²) in [5.74, 6) is -0.578. The summed E-state index contributed by atoms with van der Waals surface area (Å²) in [5, 5.41) is 1.01. The van der Waals surface area contributed by atoms with Crippen LogP contribution in [-0.4, -0.2) is 19.9 Å². The summed E-state index contributed by atoms with van der Waals surface area (Å²) in [7, 11) is -3.72. The molecular formula is C17H15FN2O2S. The molecule has 1 heterocycles. The summed E-state index contributed by atoms with van der Waals surface area (Å²) in [6.45, 7) is 0.217. The number of para-hydroxylation sites is 1. The lowest BCUT2D eigenvalue weighted by Gasteiger charge is -2.08. The second-order valence-electron chi connectivity index (χ2n) is 5.10. The van der Waals surface area contributed by atoms with Crippen LogP contribution in [-0.2, 0) is 16.4 Å². The number of hydrogen-bond acceptors (Lipinski definition) is 3. The molecule has 0 fully saturated rings. The molecule has 0 spiro atoms. The first-order valence-corrected chi connectivity index (χ1v) is 8.62. The highest BCUT2D eigenvalue weighted by molar-refractivity contribution is 7.89. The first-order chi connectivity index (χ1) is 11.1. The van der Waals surface area contributed by atoms with Crippen molar-refractivity contribution in [2.24, 2.45) is 0 Å². The van der Waals surface area contributed by atoms with Crippen molar-refractivity contribution in [3.63, 3.8) is 0 Å². The quantitative estimate of drug-likeness (QED) is 0.782. The molecule has 0 amide bonds. The number of fused-ring (bicyclic) bond motifs is 1. The van der Waals surface area contributed by atoms with Gasteiger partial charge >= 0.3 is 0 Å². The molecule has 4 nitrogen and oxygen atoms in total. The fourth-order valence-electron chi connectivity index (χ4n) is 2.41. The average molecular weight is 330 g/mol. The molecule has 0 bridgehead atoms. The minimum atomic E-state index is -3.72. The van der Waals surface area contributed by atoms with Gasteiger partial charge in [0, 0.05) is 18.1 Å². The molecule has 0 radical (unpaired) electrons.